The Hall–Kier alpha value is -1.61. The van der Waals surface area contributed by atoms with Crippen molar-refractivity contribution in [2.75, 3.05) is 0 Å². The maximum Gasteiger partial charge on any atom is 0.125 e. The number of aryl methyl sites for hydroxylation is 3. The first-order chi connectivity index (χ1) is 8.74. The molecule has 3 nitrogen and oxygen atoms in total. The van der Waals surface area contributed by atoms with Gasteiger partial charge in [-0.2, -0.15) is 0 Å². The Bertz CT molecular complexity index is 557. The first kappa shape index (κ1) is 11.5. The number of hydrogen-bond donors (Lipinski definition) is 1. The van der Waals surface area contributed by atoms with Gasteiger partial charge in [0.25, 0.3) is 0 Å². The second-order valence-corrected chi connectivity index (χ2v) is 5.16. The van der Waals surface area contributed by atoms with Gasteiger partial charge in [-0.05, 0) is 42.4 Å². The molecule has 0 saturated carbocycles. The molecule has 94 valence electrons. The van der Waals surface area contributed by atoms with E-state index >= 15 is 0 Å². The third-order valence-corrected chi connectivity index (χ3v) is 3.81. The zero-order valence-electron chi connectivity index (χ0n) is 10.8. The molecule has 3 rings (SSSR count). The Labute approximate surface area is 108 Å². The second-order valence-electron chi connectivity index (χ2n) is 5.16. The van der Waals surface area contributed by atoms with E-state index in [1.54, 1.807) is 6.20 Å². The number of benzene rings is 1. The predicted octanol–water partition coefficient (Wildman–Crippen LogP) is 2.15. The highest BCUT2D eigenvalue weighted by Crippen LogP contribution is 2.24. The highest BCUT2D eigenvalue weighted by atomic mass is 15.1. The molecule has 1 aliphatic rings. The third-order valence-electron chi connectivity index (χ3n) is 3.81. The van der Waals surface area contributed by atoms with Crippen molar-refractivity contribution in [2.24, 2.45) is 12.8 Å². The number of imidazole rings is 1. The summed E-state index contributed by atoms with van der Waals surface area (Å²) in [6.07, 6.45) is 8.36. The number of hydrogen-bond acceptors (Lipinski definition) is 2. The van der Waals surface area contributed by atoms with Gasteiger partial charge < -0.3 is 10.3 Å². The lowest BCUT2D eigenvalue weighted by molar-refractivity contribution is 0.632. The minimum absolute atomic E-state index is 0.0237. The van der Waals surface area contributed by atoms with Crippen LogP contribution in [0.25, 0.3) is 0 Å². The van der Waals surface area contributed by atoms with E-state index in [0.717, 1.165) is 12.2 Å². The van der Waals surface area contributed by atoms with Crippen molar-refractivity contribution in [2.45, 2.75) is 31.7 Å². The van der Waals surface area contributed by atoms with Crippen LogP contribution < -0.4 is 5.73 Å². The Morgan fingerprint density at radius 1 is 1.33 bits per heavy atom. The fourth-order valence-corrected chi connectivity index (χ4v) is 2.83. The normalized spacial score (nSPS) is 15.7. The Morgan fingerprint density at radius 3 is 2.94 bits per heavy atom. The summed E-state index contributed by atoms with van der Waals surface area (Å²) in [7, 11) is 1.99. The van der Waals surface area contributed by atoms with E-state index in [9.17, 15) is 0 Å². The second kappa shape index (κ2) is 4.58. The summed E-state index contributed by atoms with van der Waals surface area (Å²) in [6, 6.07) is 6.78. The van der Waals surface area contributed by atoms with Crippen LogP contribution in [-0.2, 0) is 26.3 Å². The molecule has 2 N–H and O–H groups in total. The van der Waals surface area contributed by atoms with Crippen molar-refractivity contribution < 1.29 is 0 Å². The topological polar surface area (TPSA) is 43.8 Å². The van der Waals surface area contributed by atoms with Gasteiger partial charge in [0.05, 0.1) is 6.04 Å². The summed E-state index contributed by atoms with van der Waals surface area (Å²) < 4.78 is 2.00. The molecule has 1 unspecified atom stereocenters. The summed E-state index contributed by atoms with van der Waals surface area (Å²) in [5.41, 5.74) is 10.6. The quantitative estimate of drug-likeness (QED) is 0.895. The first-order valence-electron chi connectivity index (χ1n) is 6.57. The van der Waals surface area contributed by atoms with Crippen molar-refractivity contribution in [3.8, 4) is 0 Å². The fourth-order valence-electron chi connectivity index (χ4n) is 2.83. The molecule has 1 aliphatic carbocycles. The average Bonchev–Trinajstić information content (AvgIpc) is 2.96. The summed E-state index contributed by atoms with van der Waals surface area (Å²) in [5, 5.41) is 0. The molecule has 0 radical (unpaired) electrons. The van der Waals surface area contributed by atoms with Gasteiger partial charge in [0.15, 0.2) is 0 Å². The lowest BCUT2D eigenvalue weighted by atomic mass is 10.0. The SMILES string of the molecule is Cn1ccnc1C(N)Cc1ccc2c(c1)CCC2. The molecule has 0 bridgehead atoms. The maximum absolute atomic E-state index is 6.23. The van der Waals surface area contributed by atoms with Crippen molar-refractivity contribution in [1.82, 2.24) is 9.55 Å². The van der Waals surface area contributed by atoms with E-state index in [1.165, 1.54) is 36.0 Å². The van der Waals surface area contributed by atoms with E-state index in [-0.39, 0.29) is 6.04 Å². The zero-order chi connectivity index (χ0) is 12.5. The summed E-state index contributed by atoms with van der Waals surface area (Å²) in [6.45, 7) is 0. The van der Waals surface area contributed by atoms with E-state index in [1.807, 2.05) is 17.8 Å². The van der Waals surface area contributed by atoms with Gasteiger partial charge in [0, 0.05) is 19.4 Å². The number of aromatic nitrogens is 2. The molecule has 0 amide bonds. The van der Waals surface area contributed by atoms with Crippen molar-refractivity contribution in [3.05, 3.63) is 53.1 Å². The molecule has 1 heterocycles. The summed E-state index contributed by atoms with van der Waals surface area (Å²) in [5.74, 6) is 0.954. The van der Waals surface area contributed by atoms with Crippen LogP contribution in [0.5, 0.6) is 0 Å². The molecule has 0 spiro atoms. The van der Waals surface area contributed by atoms with Gasteiger partial charge in [-0.3, -0.25) is 0 Å². The van der Waals surface area contributed by atoms with Crippen LogP contribution in [0.15, 0.2) is 30.6 Å². The third kappa shape index (κ3) is 2.06. The van der Waals surface area contributed by atoms with Crippen LogP contribution in [-0.4, -0.2) is 9.55 Å². The zero-order valence-corrected chi connectivity index (χ0v) is 10.8. The smallest absolute Gasteiger partial charge is 0.125 e. The molecule has 3 heteroatoms. The van der Waals surface area contributed by atoms with Crippen molar-refractivity contribution >= 4 is 0 Å². The van der Waals surface area contributed by atoms with Crippen LogP contribution >= 0.6 is 0 Å². The Balaban J connectivity index is 1.79. The van der Waals surface area contributed by atoms with E-state index in [4.69, 9.17) is 5.73 Å². The number of nitrogens with zero attached hydrogens (tertiary/aromatic N) is 2. The molecule has 2 aromatic rings. The monoisotopic (exact) mass is 241 g/mol. The highest BCUT2D eigenvalue weighted by Gasteiger charge is 2.14. The molecular formula is C15H19N3. The van der Waals surface area contributed by atoms with Crippen LogP contribution in [0.1, 0.15) is 35.0 Å². The average molecular weight is 241 g/mol. The number of fused-ring (bicyclic) bond motifs is 1. The van der Waals surface area contributed by atoms with E-state index in [0.29, 0.717) is 0 Å². The van der Waals surface area contributed by atoms with Crippen LogP contribution in [0.3, 0.4) is 0 Å². The predicted molar refractivity (Wildman–Crippen MR) is 72.3 cm³/mol. The molecule has 1 atom stereocenters. The molecular weight excluding hydrogens is 222 g/mol. The lowest BCUT2D eigenvalue weighted by Gasteiger charge is -2.12. The van der Waals surface area contributed by atoms with Crippen molar-refractivity contribution in [1.29, 1.82) is 0 Å². The lowest BCUT2D eigenvalue weighted by Crippen LogP contribution is -2.17. The molecule has 0 aliphatic heterocycles. The molecule has 1 aromatic carbocycles. The van der Waals surface area contributed by atoms with Gasteiger partial charge in [-0.15, -0.1) is 0 Å². The molecule has 0 fully saturated rings. The maximum atomic E-state index is 6.23. The molecule has 0 saturated heterocycles. The molecule has 1 aromatic heterocycles. The number of nitrogens with two attached hydrogens (primary N) is 1. The van der Waals surface area contributed by atoms with Crippen molar-refractivity contribution in [3.63, 3.8) is 0 Å². The Kier molecular flexibility index (Phi) is 2.92. The van der Waals surface area contributed by atoms with Gasteiger partial charge in [-0.1, -0.05) is 18.2 Å². The van der Waals surface area contributed by atoms with Crippen LogP contribution in [0.2, 0.25) is 0 Å². The van der Waals surface area contributed by atoms with Gasteiger partial charge in [0.1, 0.15) is 5.82 Å². The molecule has 18 heavy (non-hydrogen) atoms. The summed E-state index contributed by atoms with van der Waals surface area (Å²) in [4.78, 5) is 4.32. The fraction of sp³-hybridized carbons (Fsp3) is 0.400. The largest absolute Gasteiger partial charge is 0.337 e. The minimum Gasteiger partial charge on any atom is -0.337 e. The van der Waals surface area contributed by atoms with E-state index < -0.39 is 0 Å². The van der Waals surface area contributed by atoms with Gasteiger partial charge in [-0.25, -0.2) is 4.98 Å². The first-order valence-corrected chi connectivity index (χ1v) is 6.57. The van der Waals surface area contributed by atoms with Gasteiger partial charge in [0.2, 0.25) is 0 Å². The minimum atomic E-state index is -0.0237. The van der Waals surface area contributed by atoms with Gasteiger partial charge >= 0.3 is 0 Å². The van der Waals surface area contributed by atoms with Crippen LogP contribution in [0, 0.1) is 0 Å². The Morgan fingerprint density at radius 2 is 2.17 bits per heavy atom. The van der Waals surface area contributed by atoms with Crippen LogP contribution in [0.4, 0.5) is 0 Å². The number of rotatable bonds is 3. The van der Waals surface area contributed by atoms with E-state index in [2.05, 4.69) is 23.2 Å². The highest BCUT2D eigenvalue weighted by molar-refractivity contribution is 5.35. The summed E-state index contributed by atoms with van der Waals surface area (Å²) >= 11 is 0. The standard InChI is InChI=1S/C15H19N3/c1-18-8-7-17-15(18)14(16)10-11-5-6-12-3-2-4-13(12)9-11/h5-9,14H,2-4,10,16H2,1H3.